The molecule has 4 heteroatoms. The van der Waals surface area contributed by atoms with Gasteiger partial charge in [-0.1, -0.05) is 0 Å². The van der Waals surface area contributed by atoms with Crippen LogP contribution in [0.4, 0.5) is 5.69 Å². The average Bonchev–Trinajstić information content (AvgIpc) is 3.03. The topological polar surface area (TPSA) is 41.6 Å². The first-order valence-electron chi connectivity index (χ1n) is 7.43. The molecule has 0 bridgehead atoms. The van der Waals surface area contributed by atoms with Gasteiger partial charge in [-0.3, -0.25) is 4.79 Å². The number of likely N-dealkylation sites (tertiary alicyclic amines) is 1. The van der Waals surface area contributed by atoms with Crippen molar-refractivity contribution in [3.8, 4) is 5.75 Å². The molecule has 0 spiro atoms. The number of carbonyl (C=O) groups excluding carboxylic acids is 1. The Morgan fingerprint density at radius 2 is 2.00 bits per heavy atom. The summed E-state index contributed by atoms with van der Waals surface area (Å²) in [5, 5.41) is 2.74. The highest BCUT2D eigenvalue weighted by atomic mass is 16.5. The molecule has 3 rings (SSSR count). The van der Waals surface area contributed by atoms with Crippen LogP contribution < -0.4 is 10.1 Å². The van der Waals surface area contributed by atoms with Crippen LogP contribution in [0.25, 0.3) is 0 Å². The first kappa shape index (κ1) is 13.4. The van der Waals surface area contributed by atoms with Crippen molar-refractivity contribution in [2.75, 3.05) is 31.6 Å². The fourth-order valence-electron chi connectivity index (χ4n) is 2.99. The minimum absolute atomic E-state index is 0.0534. The van der Waals surface area contributed by atoms with Gasteiger partial charge in [-0.25, -0.2) is 0 Å². The quantitative estimate of drug-likeness (QED) is 0.810. The van der Waals surface area contributed by atoms with Gasteiger partial charge in [0.15, 0.2) is 0 Å². The predicted molar refractivity (Wildman–Crippen MR) is 78.9 cm³/mol. The van der Waals surface area contributed by atoms with Gasteiger partial charge in [-0.15, -0.1) is 0 Å². The molecule has 1 amide bonds. The van der Waals surface area contributed by atoms with Gasteiger partial charge in [-0.05, 0) is 48.9 Å². The molecule has 1 aromatic rings. The van der Waals surface area contributed by atoms with Gasteiger partial charge in [0.25, 0.3) is 0 Å². The highest BCUT2D eigenvalue weighted by molar-refractivity contribution is 5.88. The van der Waals surface area contributed by atoms with Gasteiger partial charge in [0.1, 0.15) is 5.75 Å². The lowest BCUT2D eigenvalue weighted by molar-refractivity contribution is -0.114. The zero-order valence-corrected chi connectivity index (χ0v) is 12.0. The Morgan fingerprint density at radius 1 is 1.30 bits per heavy atom. The summed E-state index contributed by atoms with van der Waals surface area (Å²) in [6.07, 6.45) is 2.54. The SMILES string of the molecule is CC(=O)Nc1ccc(OCCCN2C[C@H]3C[C@H]3C2)cc1. The van der Waals surface area contributed by atoms with E-state index in [1.54, 1.807) is 0 Å². The van der Waals surface area contributed by atoms with Crippen molar-refractivity contribution in [2.45, 2.75) is 19.8 Å². The standard InChI is InChI=1S/C16H22N2O2/c1-12(19)17-15-3-5-16(6-4-15)20-8-2-7-18-10-13-9-14(13)11-18/h3-6,13-14H,2,7-11H2,1H3,(H,17,19)/t13-,14+. The van der Waals surface area contributed by atoms with E-state index in [4.69, 9.17) is 4.74 Å². The highest BCUT2D eigenvalue weighted by Crippen LogP contribution is 2.44. The van der Waals surface area contributed by atoms with Gasteiger partial charge < -0.3 is 15.0 Å². The van der Waals surface area contributed by atoms with Crippen molar-refractivity contribution in [3.05, 3.63) is 24.3 Å². The largest absolute Gasteiger partial charge is 0.494 e. The predicted octanol–water partition coefficient (Wildman–Crippen LogP) is 2.37. The normalized spacial score (nSPS) is 24.2. The Bertz CT molecular complexity index is 462. The lowest BCUT2D eigenvalue weighted by Gasteiger charge is -2.17. The van der Waals surface area contributed by atoms with Crippen molar-refractivity contribution >= 4 is 11.6 Å². The minimum atomic E-state index is -0.0534. The number of fused-ring (bicyclic) bond motifs is 1. The van der Waals surface area contributed by atoms with Crippen molar-refractivity contribution in [1.29, 1.82) is 0 Å². The number of anilines is 1. The summed E-state index contributed by atoms with van der Waals surface area (Å²) < 4.78 is 5.72. The van der Waals surface area contributed by atoms with E-state index in [1.165, 1.54) is 26.4 Å². The van der Waals surface area contributed by atoms with Gasteiger partial charge in [0.05, 0.1) is 6.61 Å². The van der Waals surface area contributed by atoms with Gasteiger partial charge in [-0.2, -0.15) is 0 Å². The Labute approximate surface area is 120 Å². The number of benzene rings is 1. The lowest BCUT2D eigenvalue weighted by atomic mass is 10.3. The number of hydrogen-bond acceptors (Lipinski definition) is 3. The smallest absolute Gasteiger partial charge is 0.221 e. The van der Waals surface area contributed by atoms with Crippen LogP contribution in [0.3, 0.4) is 0 Å². The zero-order chi connectivity index (χ0) is 13.9. The van der Waals surface area contributed by atoms with Gasteiger partial charge >= 0.3 is 0 Å². The second-order valence-corrected chi connectivity index (χ2v) is 5.92. The molecule has 0 unspecified atom stereocenters. The van der Waals surface area contributed by atoms with Gasteiger partial charge in [0, 0.05) is 32.2 Å². The van der Waals surface area contributed by atoms with E-state index in [9.17, 15) is 4.79 Å². The third-order valence-electron chi connectivity index (χ3n) is 4.12. The number of amides is 1. The van der Waals surface area contributed by atoms with Crippen LogP contribution in [-0.4, -0.2) is 37.0 Å². The summed E-state index contributed by atoms with van der Waals surface area (Å²) in [5.41, 5.74) is 0.807. The molecule has 2 aliphatic rings. The van der Waals surface area contributed by atoms with Crippen molar-refractivity contribution in [3.63, 3.8) is 0 Å². The van der Waals surface area contributed by atoms with Crippen molar-refractivity contribution in [2.24, 2.45) is 11.8 Å². The molecule has 108 valence electrons. The van der Waals surface area contributed by atoms with Crippen LogP contribution in [-0.2, 0) is 4.79 Å². The summed E-state index contributed by atoms with van der Waals surface area (Å²) in [6.45, 7) is 6.02. The first-order valence-corrected chi connectivity index (χ1v) is 7.43. The van der Waals surface area contributed by atoms with E-state index in [2.05, 4.69) is 10.2 Å². The van der Waals surface area contributed by atoms with E-state index < -0.39 is 0 Å². The molecular weight excluding hydrogens is 252 g/mol. The third kappa shape index (κ3) is 3.51. The summed E-state index contributed by atoms with van der Waals surface area (Å²) in [7, 11) is 0. The third-order valence-corrected chi connectivity index (χ3v) is 4.12. The molecule has 4 nitrogen and oxygen atoms in total. The molecule has 1 aliphatic carbocycles. The molecular formula is C16H22N2O2. The monoisotopic (exact) mass is 274 g/mol. The molecule has 2 atom stereocenters. The molecule has 2 fully saturated rings. The average molecular weight is 274 g/mol. The Hall–Kier alpha value is -1.55. The molecule has 20 heavy (non-hydrogen) atoms. The minimum Gasteiger partial charge on any atom is -0.494 e. The first-order chi connectivity index (χ1) is 9.70. The number of ether oxygens (including phenoxy) is 1. The lowest BCUT2D eigenvalue weighted by Crippen LogP contribution is -2.25. The maximum absolute atomic E-state index is 10.9. The van der Waals surface area contributed by atoms with Crippen LogP contribution in [0.2, 0.25) is 0 Å². The number of nitrogens with one attached hydrogen (secondary N) is 1. The van der Waals surface area contributed by atoms with Gasteiger partial charge in [0.2, 0.25) is 5.91 Å². The Kier molecular flexibility index (Phi) is 3.92. The number of carbonyl (C=O) groups is 1. The molecule has 0 radical (unpaired) electrons. The van der Waals surface area contributed by atoms with E-state index in [0.29, 0.717) is 0 Å². The summed E-state index contributed by atoms with van der Waals surface area (Å²) in [5.74, 6) is 2.83. The highest BCUT2D eigenvalue weighted by Gasteiger charge is 2.44. The Balaban J connectivity index is 1.34. The zero-order valence-electron chi connectivity index (χ0n) is 12.0. The van der Waals surface area contributed by atoms with Crippen LogP contribution >= 0.6 is 0 Å². The Morgan fingerprint density at radius 3 is 2.65 bits per heavy atom. The number of piperidine rings is 1. The molecule has 0 aromatic heterocycles. The molecule has 1 N–H and O–H groups in total. The van der Waals surface area contributed by atoms with Crippen LogP contribution in [0.15, 0.2) is 24.3 Å². The van der Waals surface area contributed by atoms with E-state index in [1.807, 2.05) is 24.3 Å². The van der Waals surface area contributed by atoms with Crippen molar-refractivity contribution in [1.82, 2.24) is 4.90 Å². The number of nitrogens with zero attached hydrogens (tertiary/aromatic N) is 1. The molecule has 1 saturated carbocycles. The second-order valence-electron chi connectivity index (χ2n) is 5.92. The molecule has 1 aromatic carbocycles. The molecule has 1 heterocycles. The van der Waals surface area contributed by atoms with Crippen LogP contribution in [0, 0.1) is 11.8 Å². The van der Waals surface area contributed by atoms with E-state index in [-0.39, 0.29) is 5.91 Å². The number of rotatable bonds is 6. The molecule has 1 saturated heterocycles. The fourth-order valence-corrected chi connectivity index (χ4v) is 2.99. The number of hydrogen-bond donors (Lipinski definition) is 1. The summed E-state index contributed by atoms with van der Waals surface area (Å²) in [4.78, 5) is 13.5. The van der Waals surface area contributed by atoms with E-state index in [0.717, 1.165) is 42.8 Å². The molecule has 1 aliphatic heterocycles. The summed E-state index contributed by atoms with van der Waals surface area (Å²) in [6, 6.07) is 7.53. The maximum Gasteiger partial charge on any atom is 0.221 e. The van der Waals surface area contributed by atoms with Crippen LogP contribution in [0.1, 0.15) is 19.8 Å². The second kappa shape index (κ2) is 5.83. The van der Waals surface area contributed by atoms with Crippen LogP contribution in [0.5, 0.6) is 5.75 Å². The van der Waals surface area contributed by atoms with E-state index >= 15 is 0 Å². The summed E-state index contributed by atoms with van der Waals surface area (Å²) >= 11 is 0. The fraction of sp³-hybridized carbons (Fsp3) is 0.562. The maximum atomic E-state index is 10.9. The van der Waals surface area contributed by atoms with Crippen molar-refractivity contribution < 1.29 is 9.53 Å².